The summed E-state index contributed by atoms with van der Waals surface area (Å²) in [5.41, 5.74) is 9.85. The molecule has 1 unspecified atom stereocenters. The SMILES string of the molecule is Cc1nn(-c2ncccn2)c(N)c1C1=CC(c2ccc(Cl)cc2)CC(=O)C1. The Hall–Kier alpha value is -2.99. The van der Waals surface area contributed by atoms with Crippen LogP contribution in [0, 0.1) is 6.92 Å². The molecule has 1 aliphatic carbocycles. The molecule has 0 spiro atoms. The smallest absolute Gasteiger partial charge is 0.252 e. The molecule has 0 radical (unpaired) electrons. The summed E-state index contributed by atoms with van der Waals surface area (Å²) < 4.78 is 1.52. The minimum absolute atomic E-state index is 0.00589. The number of aromatic nitrogens is 4. The van der Waals surface area contributed by atoms with Crippen LogP contribution in [-0.2, 0) is 4.79 Å². The molecule has 1 atom stereocenters. The maximum atomic E-state index is 12.4. The van der Waals surface area contributed by atoms with E-state index in [9.17, 15) is 4.79 Å². The molecule has 136 valence electrons. The molecule has 0 bridgehead atoms. The van der Waals surface area contributed by atoms with Crippen molar-refractivity contribution < 1.29 is 4.79 Å². The summed E-state index contributed by atoms with van der Waals surface area (Å²) >= 11 is 5.98. The third-order valence-corrected chi connectivity index (χ3v) is 4.95. The largest absolute Gasteiger partial charge is 0.383 e. The van der Waals surface area contributed by atoms with Crippen LogP contribution in [0.4, 0.5) is 5.82 Å². The Morgan fingerprint density at radius 3 is 2.59 bits per heavy atom. The van der Waals surface area contributed by atoms with Gasteiger partial charge in [-0.05, 0) is 36.3 Å². The maximum absolute atomic E-state index is 12.4. The van der Waals surface area contributed by atoms with E-state index in [1.54, 1.807) is 18.5 Å². The summed E-state index contributed by atoms with van der Waals surface area (Å²) in [6, 6.07) is 9.33. The first-order valence-electron chi connectivity index (χ1n) is 8.63. The van der Waals surface area contributed by atoms with Gasteiger partial charge >= 0.3 is 0 Å². The van der Waals surface area contributed by atoms with Crippen molar-refractivity contribution in [2.75, 3.05) is 5.73 Å². The van der Waals surface area contributed by atoms with Gasteiger partial charge in [-0.1, -0.05) is 29.8 Å². The van der Waals surface area contributed by atoms with E-state index in [1.165, 1.54) is 4.68 Å². The summed E-state index contributed by atoms with van der Waals surface area (Å²) in [5, 5.41) is 5.16. The van der Waals surface area contributed by atoms with Crippen LogP contribution < -0.4 is 5.73 Å². The second-order valence-corrected chi connectivity index (χ2v) is 7.01. The minimum atomic E-state index is -0.00589. The summed E-state index contributed by atoms with van der Waals surface area (Å²) in [7, 11) is 0. The lowest BCUT2D eigenvalue weighted by Gasteiger charge is -2.21. The van der Waals surface area contributed by atoms with Crippen molar-refractivity contribution in [3.05, 3.63) is 70.6 Å². The van der Waals surface area contributed by atoms with Gasteiger partial charge in [0.1, 0.15) is 11.6 Å². The fraction of sp³-hybridized carbons (Fsp3) is 0.200. The number of halogens is 1. The van der Waals surface area contributed by atoms with E-state index in [0.29, 0.717) is 29.6 Å². The van der Waals surface area contributed by atoms with Crippen LogP contribution >= 0.6 is 11.6 Å². The zero-order valence-corrected chi connectivity index (χ0v) is 15.5. The van der Waals surface area contributed by atoms with Gasteiger partial charge in [0.05, 0.1) is 5.69 Å². The Bertz CT molecular complexity index is 1020. The molecule has 2 heterocycles. The summed E-state index contributed by atoms with van der Waals surface area (Å²) in [6.45, 7) is 1.88. The molecular weight excluding hydrogens is 362 g/mol. The van der Waals surface area contributed by atoms with Crippen molar-refractivity contribution in [2.45, 2.75) is 25.7 Å². The zero-order chi connectivity index (χ0) is 19.0. The second kappa shape index (κ2) is 6.96. The predicted molar refractivity (Wildman–Crippen MR) is 105 cm³/mol. The molecule has 27 heavy (non-hydrogen) atoms. The highest BCUT2D eigenvalue weighted by Crippen LogP contribution is 2.37. The number of nitrogen functional groups attached to an aromatic ring is 1. The summed E-state index contributed by atoms with van der Waals surface area (Å²) in [5.74, 6) is 1.01. The van der Waals surface area contributed by atoms with E-state index in [1.807, 2.05) is 31.2 Å². The van der Waals surface area contributed by atoms with Crippen molar-refractivity contribution in [1.29, 1.82) is 0 Å². The zero-order valence-electron chi connectivity index (χ0n) is 14.8. The van der Waals surface area contributed by atoms with Gasteiger partial charge in [-0.2, -0.15) is 9.78 Å². The minimum Gasteiger partial charge on any atom is -0.383 e. The molecule has 1 aliphatic rings. The first kappa shape index (κ1) is 17.4. The molecule has 2 N–H and O–H groups in total. The topological polar surface area (TPSA) is 86.7 Å². The van der Waals surface area contributed by atoms with Crippen LogP contribution in [0.1, 0.15) is 35.6 Å². The Balaban J connectivity index is 1.77. The first-order valence-corrected chi connectivity index (χ1v) is 9.01. The van der Waals surface area contributed by atoms with Gasteiger partial charge in [-0.15, -0.1) is 0 Å². The van der Waals surface area contributed by atoms with E-state index in [2.05, 4.69) is 21.1 Å². The van der Waals surface area contributed by atoms with Crippen molar-refractivity contribution >= 4 is 28.8 Å². The van der Waals surface area contributed by atoms with E-state index >= 15 is 0 Å². The van der Waals surface area contributed by atoms with Crippen molar-refractivity contribution in [3.63, 3.8) is 0 Å². The van der Waals surface area contributed by atoms with Gasteiger partial charge in [0.25, 0.3) is 5.95 Å². The van der Waals surface area contributed by atoms with Gasteiger partial charge in [0.15, 0.2) is 0 Å². The van der Waals surface area contributed by atoms with E-state index in [4.69, 9.17) is 17.3 Å². The molecule has 6 nitrogen and oxygen atoms in total. The number of anilines is 1. The number of rotatable bonds is 3. The number of ketones is 1. The average molecular weight is 380 g/mol. The highest BCUT2D eigenvalue weighted by Gasteiger charge is 2.26. The number of carbonyl (C=O) groups is 1. The Morgan fingerprint density at radius 1 is 1.19 bits per heavy atom. The summed E-state index contributed by atoms with van der Waals surface area (Å²) in [6.07, 6.45) is 6.20. The average Bonchev–Trinajstić information content (AvgIpc) is 2.97. The van der Waals surface area contributed by atoms with Gasteiger partial charge < -0.3 is 5.73 Å². The second-order valence-electron chi connectivity index (χ2n) is 6.58. The lowest BCUT2D eigenvalue weighted by Crippen LogP contribution is -2.13. The highest BCUT2D eigenvalue weighted by molar-refractivity contribution is 6.30. The molecule has 1 aromatic carbocycles. The molecule has 0 saturated heterocycles. The number of carbonyl (C=O) groups excluding carboxylic acids is 1. The molecule has 3 aromatic rings. The standard InChI is InChI=1S/C20H18ClN5O/c1-12-18(19(22)26(25-12)20-23-7-2-8-24-20)15-9-14(10-17(27)11-15)13-3-5-16(21)6-4-13/h2-9,14H,10-11,22H2,1H3. The van der Waals surface area contributed by atoms with Crippen LogP contribution in [0.2, 0.25) is 5.02 Å². The maximum Gasteiger partial charge on any atom is 0.252 e. The van der Waals surface area contributed by atoms with Crippen LogP contribution in [0.25, 0.3) is 11.5 Å². The first-order chi connectivity index (χ1) is 13.0. The van der Waals surface area contributed by atoms with Crippen LogP contribution in [-0.4, -0.2) is 25.5 Å². The Labute approximate surface area is 161 Å². The number of Topliss-reactive ketones (excluding diaryl/α,β-unsaturated/α-hetero) is 1. The monoisotopic (exact) mass is 379 g/mol. The van der Waals surface area contributed by atoms with Crippen LogP contribution in [0.15, 0.2) is 48.8 Å². The molecule has 0 fully saturated rings. The quantitative estimate of drug-likeness (QED) is 0.749. The number of allylic oxidation sites excluding steroid dienone is 2. The third kappa shape index (κ3) is 3.36. The highest BCUT2D eigenvalue weighted by atomic mass is 35.5. The number of hydrogen-bond acceptors (Lipinski definition) is 5. The van der Waals surface area contributed by atoms with E-state index in [0.717, 1.165) is 22.4 Å². The van der Waals surface area contributed by atoms with Gasteiger partial charge in [0.2, 0.25) is 0 Å². The third-order valence-electron chi connectivity index (χ3n) is 4.69. The number of nitrogens with zero attached hydrogens (tertiary/aromatic N) is 4. The lowest BCUT2D eigenvalue weighted by molar-refractivity contribution is -0.118. The number of benzene rings is 1. The Kier molecular flexibility index (Phi) is 4.49. The van der Waals surface area contributed by atoms with E-state index in [-0.39, 0.29) is 11.7 Å². The molecule has 0 aliphatic heterocycles. The molecule has 0 amide bonds. The number of hydrogen-bond donors (Lipinski definition) is 1. The lowest BCUT2D eigenvalue weighted by atomic mass is 9.82. The van der Waals surface area contributed by atoms with Crippen LogP contribution in [0.5, 0.6) is 0 Å². The molecular formula is C20H18ClN5O. The number of nitrogens with two attached hydrogens (primary N) is 1. The van der Waals surface area contributed by atoms with Crippen molar-refractivity contribution in [1.82, 2.24) is 19.7 Å². The molecule has 7 heteroatoms. The van der Waals surface area contributed by atoms with Crippen molar-refractivity contribution in [3.8, 4) is 5.95 Å². The predicted octanol–water partition coefficient (Wildman–Crippen LogP) is 3.74. The fourth-order valence-corrected chi connectivity index (χ4v) is 3.61. The summed E-state index contributed by atoms with van der Waals surface area (Å²) in [4.78, 5) is 20.8. The number of aryl methyl sites for hydroxylation is 1. The van der Waals surface area contributed by atoms with E-state index < -0.39 is 0 Å². The molecule has 0 saturated carbocycles. The van der Waals surface area contributed by atoms with Gasteiger partial charge in [-0.3, -0.25) is 4.79 Å². The van der Waals surface area contributed by atoms with Crippen molar-refractivity contribution in [2.24, 2.45) is 0 Å². The fourth-order valence-electron chi connectivity index (χ4n) is 3.48. The van der Waals surface area contributed by atoms with Crippen LogP contribution in [0.3, 0.4) is 0 Å². The van der Waals surface area contributed by atoms with Gasteiger partial charge in [0, 0.05) is 41.7 Å². The molecule has 2 aromatic heterocycles. The molecule has 4 rings (SSSR count). The van der Waals surface area contributed by atoms with Gasteiger partial charge in [-0.25, -0.2) is 9.97 Å². The Morgan fingerprint density at radius 2 is 1.89 bits per heavy atom. The normalized spacial score (nSPS) is 17.0.